The number of fused-ring (bicyclic) bond motifs is 3. The van der Waals surface area contributed by atoms with Gasteiger partial charge in [-0.05, 0) is 30.7 Å². The molecule has 0 atom stereocenters. The van der Waals surface area contributed by atoms with E-state index in [1.165, 1.54) is 13.0 Å². The number of benzene rings is 2. The lowest BCUT2D eigenvalue weighted by atomic mass is 9.97. The van der Waals surface area contributed by atoms with Crippen molar-refractivity contribution in [2.75, 3.05) is 0 Å². The third kappa shape index (κ3) is 1.89. The lowest BCUT2D eigenvalue weighted by Crippen LogP contribution is -2.38. The molecule has 1 N–H and O–H groups in total. The summed E-state index contributed by atoms with van der Waals surface area (Å²) in [6, 6.07) is 3.42. The number of aliphatic hydroxyl groups excluding tert-OH is 1. The minimum atomic E-state index is -0.934. The van der Waals surface area contributed by atoms with Crippen molar-refractivity contribution in [3.8, 4) is 5.75 Å². The van der Waals surface area contributed by atoms with Crippen LogP contribution in [-0.4, -0.2) is 10.9 Å². The minimum absolute atomic E-state index is 0.0174. The van der Waals surface area contributed by atoms with Crippen molar-refractivity contribution in [3.63, 3.8) is 0 Å². The van der Waals surface area contributed by atoms with E-state index in [-0.39, 0.29) is 32.9 Å². The van der Waals surface area contributed by atoms with Crippen LogP contribution in [0, 0.1) is 6.92 Å². The van der Waals surface area contributed by atoms with E-state index in [4.69, 9.17) is 4.42 Å². The molecule has 7 nitrogen and oxygen atoms in total. The van der Waals surface area contributed by atoms with Gasteiger partial charge in [-0.2, -0.15) is 0 Å². The quantitative estimate of drug-likeness (QED) is 0.548. The van der Waals surface area contributed by atoms with Crippen molar-refractivity contribution in [2.24, 2.45) is 0 Å². The number of hydrogen-bond acceptors (Lipinski definition) is 7. The Labute approximate surface area is 138 Å². The number of ketones is 1. The average Bonchev–Trinajstić information content (AvgIpc) is 2.51. The van der Waals surface area contributed by atoms with Gasteiger partial charge in [-0.3, -0.25) is 14.4 Å². The summed E-state index contributed by atoms with van der Waals surface area (Å²) < 4.78 is 5.49. The van der Waals surface area contributed by atoms with Crippen LogP contribution >= 0.6 is 0 Å². The highest BCUT2D eigenvalue weighted by Crippen LogP contribution is 2.31. The lowest BCUT2D eigenvalue weighted by Gasteiger charge is -2.19. The molecule has 124 valence electrons. The second-order valence-corrected chi connectivity index (χ2v) is 5.77. The van der Waals surface area contributed by atoms with Gasteiger partial charge in [0.05, 0.1) is 5.39 Å². The van der Waals surface area contributed by atoms with E-state index in [2.05, 4.69) is 0 Å². The predicted octanol–water partition coefficient (Wildman–Crippen LogP) is -0.486. The van der Waals surface area contributed by atoms with Crippen LogP contribution in [-0.2, 0) is 0 Å². The molecule has 7 heteroatoms. The molecular weight excluding hydrogens is 328 g/mol. The van der Waals surface area contributed by atoms with Gasteiger partial charge >= 0.3 is 0 Å². The summed E-state index contributed by atoms with van der Waals surface area (Å²) in [6.45, 7) is 1.53. The molecule has 4 rings (SSSR count). The van der Waals surface area contributed by atoms with E-state index in [1.54, 1.807) is 0 Å². The molecule has 0 fully saturated rings. The molecule has 1 aliphatic carbocycles. The molecule has 0 unspecified atom stereocenters. The molecule has 1 aliphatic rings. The Balaban J connectivity index is 2.33. The number of carbonyl (C=O) groups excluding carboxylic acids is 1. The van der Waals surface area contributed by atoms with Gasteiger partial charge in [0, 0.05) is 22.2 Å². The average molecular weight is 336 g/mol. The first-order valence-electron chi connectivity index (χ1n) is 7.21. The summed E-state index contributed by atoms with van der Waals surface area (Å²) in [5, 5.41) is 33.5. The Kier molecular flexibility index (Phi) is 2.81. The van der Waals surface area contributed by atoms with Crippen molar-refractivity contribution < 1.29 is 24.5 Å². The van der Waals surface area contributed by atoms with Crippen molar-refractivity contribution >= 4 is 33.5 Å². The predicted molar refractivity (Wildman–Crippen MR) is 84.1 cm³/mol. The van der Waals surface area contributed by atoms with E-state index >= 15 is 0 Å². The maximum atomic E-state index is 12.8. The number of rotatable bonds is 0. The van der Waals surface area contributed by atoms with E-state index in [9.17, 15) is 29.7 Å². The maximum Gasteiger partial charge on any atom is 0.228 e. The molecule has 2 aromatic carbocycles. The Morgan fingerprint density at radius 2 is 1.68 bits per heavy atom. The maximum absolute atomic E-state index is 12.8. The highest BCUT2D eigenvalue weighted by molar-refractivity contribution is 6.12. The normalized spacial score (nSPS) is 14.0. The topological polar surface area (TPSA) is 131 Å². The van der Waals surface area contributed by atoms with Crippen LogP contribution in [0.1, 0.15) is 15.9 Å². The molecule has 0 saturated carbocycles. The summed E-state index contributed by atoms with van der Waals surface area (Å²) in [6.07, 6.45) is 0.648. The van der Waals surface area contributed by atoms with Crippen molar-refractivity contribution in [3.05, 3.63) is 66.8 Å². The Bertz CT molecular complexity index is 1330. The highest BCUT2D eigenvalue weighted by Gasteiger charge is 2.22. The van der Waals surface area contributed by atoms with Gasteiger partial charge in [0.15, 0.2) is 16.6 Å². The second-order valence-electron chi connectivity index (χ2n) is 5.77. The Morgan fingerprint density at radius 1 is 1.00 bits per heavy atom. The van der Waals surface area contributed by atoms with Crippen LogP contribution in [0.3, 0.4) is 0 Å². The number of carbonyl (C=O) groups is 1. The van der Waals surface area contributed by atoms with E-state index < -0.39 is 33.7 Å². The first-order chi connectivity index (χ1) is 11.8. The first-order valence-corrected chi connectivity index (χ1v) is 7.21. The van der Waals surface area contributed by atoms with Gasteiger partial charge in [0.25, 0.3) is 0 Å². The fourth-order valence-electron chi connectivity index (χ4n) is 3.09. The molecule has 0 spiro atoms. The van der Waals surface area contributed by atoms with Crippen LogP contribution in [0.25, 0.3) is 27.7 Å². The summed E-state index contributed by atoms with van der Waals surface area (Å²) in [4.78, 5) is 36.3. The van der Waals surface area contributed by atoms with Crippen molar-refractivity contribution in [1.82, 2.24) is 0 Å². The lowest BCUT2D eigenvalue weighted by molar-refractivity contribution is -0.263. The highest BCUT2D eigenvalue weighted by atomic mass is 16.3. The number of aliphatic hydroxyl groups is 1. The SMILES string of the molecule is Cc1cc(=O)cc2oc3cc4c(c(=O)c3c([O-])c12)=C([O-])C=C(O)C4=O. The van der Waals surface area contributed by atoms with Crippen LogP contribution in [0.4, 0.5) is 0 Å². The zero-order valence-corrected chi connectivity index (χ0v) is 12.7. The van der Waals surface area contributed by atoms with Crippen LogP contribution in [0.2, 0.25) is 0 Å². The minimum Gasteiger partial charge on any atom is -0.872 e. The van der Waals surface area contributed by atoms with Crippen molar-refractivity contribution in [2.45, 2.75) is 6.92 Å². The number of allylic oxidation sites excluding steroid dienone is 1. The third-order valence-corrected chi connectivity index (χ3v) is 4.18. The van der Waals surface area contributed by atoms with Gasteiger partial charge in [-0.15, -0.1) is 0 Å². The molecule has 1 aromatic heterocycles. The van der Waals surface area contributed by atoms with Gasteiger partial charge in [-0.25, -0.2) is 0 Å². The Morgan fingerprint density at radius 3 is 2.40 bits per heavy atom. The first kappa shape index (κ1) is 14.9. The van der Waals surface area contributed by atoms with Gasteiger partial charge in [0.2, 0.25) is 5.78 Å². The fourth-order valence-corrected chi connectivity index (χ4v) is 3.09. The molecule has 0 bridgehead atoms. The summed E-state index contributed by atoms with van der Waals surface area (Å²) in [5.74, 6) is -3.24. The third-order valence-electron chi connectivity index (χ3n) is 4.18. The van der Waals surface area contributed by atoms with Crippen LogP contribution in [0.15, 0.2) is 44.0 Å². The largest absolute Gasteiger partial charge is 0.872 e. The summed E-state index contributed by atoms with van der Waals surface area (Å²) in [5.41, 5.74) is -1.54. The molecule has 0 aliphatic heterocycles. The number of aryl methyl sites for hydroxylation is 1. The van der Waals surface area contributed by atoms with Gasteiger partial charge < -0.3 is 19.7 Å². The standard InChI is InChI=1S/C18H10O7/c1-6-2-7(19)3-11-13(6)17(23)15-12(25-11)4-8-14(18(15)24)9(20)5-10(21)16(8)22/h2-5,20-21,23H,1H3/p-2. The van der Waals surface area contributed by atoms with Gasteiger partial charge in [-0.1, -0.05) is 11.5 Å². The molecule has 0 saturated heterocycles. The monoisotopic (exact) mass is 336 g/mol. The molecule has 25 heavy (non-hydrogen) atoms. The van der Waals surface area contributed by atoms with E-state index in [0.717, 1.165) is 12.1 Å². The molecule has 1 heterocycles. The number of Topliss-reactive ketones (excluding diaryl/α,β-unsaturated/α-hetero) is 1. The molecule has 0 amide bonds. The number of hydrogen-bond donors (Lipinski definition) is 1. The molecular formula is C18H8O7-2. The Hall–Kier alpha value is -3.61. The van der Waals surface area contributed by atoms with Gasteiger partial charge in [0.1, 0.15) is 11.2 Å². The van der Waals surface area contributed by atoms with Crippen LogP contribution in [0.5, 0.6) is 5.75 Å². The van der Waals surface area contributed by atoms with Crippen LogP contribution < -0.4 is 26.3 Å². The zero-order valence-electron chi connectivity index (χ0n) is 12.7. The van der Waals surface area contributed by atoms with E-state index in [1.807, 2.05) is 0 Å². The van der Waals surface area contributed by atoms with Crippen molar-refractivity contribution in [1.29, 1.82) is 0 Å². The summed E-state index contributed by atoms with van der Waals surface area (Å²) >= 11 is 0. The van der Waals surface area contributed by atoms with E-state index in [0.29, 0.717) is 11.6 Å². The fraction of sp³-hybridized carbons (Fsp3) is 0.0556. The second kappa shape index (κ2) is 4.70. The molecule has 0 radical (unpaired) electrons. The molecule has 3 aromatic rings. The zero-order chi connectivity index (χ0) is 18.0. The summed E-state index contributed by atoms with van der Waals surface area (Å²) in [7, 11) is 0. The smallest absolute Gasteiger partial charge is 0.228 e.